The summed E-state index contributed by atoms with van der Waals surface area (Å²) in [6.45, 7) is 7.66. The third-order valence-corrected chi connectivity index (χ3v) is 5.49. The molecule has 26 heavy (non-hydrogen) atoms. The molecule has 3 aliphatic heterocycles. The number of benzene rings is 1. The minimum absolute atomic E-state index is 0.0387. The van der Waals surface area contributed by atoms with Crippen molar-refractivity contribution in [1.29, 1.82) is 0 Å². The average Bonchev–Trinajstić information content (AvgIpc) is 3.13. The fourth-order valence-electron chi connectivity index (χ4n) is 4.17. The summed E-state index contributed by atoms with van der Waals surface area (Å²) in [4.78, 5) is 18.8. The molecular weight excluding hydrogens is 334 g/mol. The fourth-order valence-corrected chi connectivity index (χ4v) is 4.17. The van der Waals surface area contributed by atoms with Gasteiger partial charge in [0.15, 0.2) is 0 Å². The molecule has 4 rings (SSSR count). The second kappa shape index (κ2) is 7.82. The number of hydrogen-bond acceptors (Lipinski definition) is 6. The van der Waals surface area contributed by atoms with Crippen LogP contribution in [0, 0.1) is 0 Å². The molecule has 1 aromatic carbocycles. The van der Waals surface area contributed by atoms with Gasteiger partial charge in [0.25, 0.3) is 0 Å². The Balaban J connectivity index is 1.28. The van der Waals surface area contributed by atoms with E-state index in [2.05, 4.69) is 9.80 Å². The van der Waals surface area contributed by atoms with Gasteiger partial charge in [0, 0.05) is 45.8 Å². The van der Waals surface area contributed by atoms with Crippen molar-refractivity contribution in [2.45, 2.75) is 25.1 Å². The van der Waals surface area contributed by atoms with E-state index < -0.39 is 0 Å². The van der Waals surface area contributed by atoms with Crippen molar-refractivity contribution in [3.8, 4) is 5.75 Å². The van der Waals surface area contributed by atoms with Crippen LogP contribution in [0.5, 0.6) is 5.75 Å². The Labute approximate surface area is 154 Å². The number of ether oxygens (including phenoxy) is 2. The predicted molar refractivity (Wildman–Crippen MR) is 96.0 cm³/mol. The van der Waals surface area contributed by atoms with E-state index in [4.69, 9.17) is 9.47 Å². The molecule has 7 nitrogen and oxygen atoms in total. The summed E-state index contributed by atoms with van der Waals surface area (Å²) < 4.78 is 11.0. The zero-order chi connectivity index (χ0) is 17.9. The number of amides is 1. The van der Waals surface area contributed by atoms with Gasteiger partial charge in [-0.05, 0) is 24.1 Å². The maximum absolute atomic E-state index is 12.2. The van der Waals surface area contributed by atoms with Crippen LogP contribution in [0.15, 0.2) is 24.3 Å². The maximum atomic E-state index is 12.2. The lowest BCUT2D eigenvalue weighted by Gasteiger charge is -2.28. The number of likely N-dealkylation sites (tertiary alicyclic amines) is 1. The normalized spacial score (nSPS) is 26.9. The van der Waals surface area contributed by atoms with Crippen LogP contribution < -0.4 is 0 Å². The molecule has 0 aliphatic carbocycles. The summed E-state index contributed by atoms with van der Waals surface area (Å²) in [6, 6.07) is 7.49. The predicted octanol–water partition coefficient (Wildman–Crippen LogP) is 1.12. The summed E-state index contributed by atoms with van der Waals surface area (Å²) in [7, 11) is 0. The number of nitrogens with zero attached hydrogens (tertiary/aromatic N) is 3. The number of phenols is 1. The molecule has 1 aromatic rings. The Hall–Kier alpha value is -1.83. The van der Waals surface area contributed by atoms with Crippen LogP contribution >= 0.6 is 0 Å². The highest BCUT2D eigenvalue weighted by Gasteiger charge is 2.47. The molecule has 0 bridgehead atoms. The molecule has 3 heterocycles. The molecule has 1 amide bonds. The number of carbonyl (C=O) groups is 1. The Bertz CT molecular complexity index is 635. The number of morpholine rings is 1. The van der Waals surface area contributed by atoms with Crippen molar-refractivity contribution in [3.05, 3.63) is 29.8 Å². The third-order valence-electron chi connectivity index (χ3n) is 5.49. The Morgan fingerprint density at radius 3 is 2.77 bits per heavy atom. The van der Waals surface area contributed by atoms with Gasteiger partial charge in [-0.15, -0.1) is 0 Å². The van der Waals surface area contributed by atoms with Crippen molar-refractivity contribution < 1.29 is 19.4 Å². The van der Waals surface area contributed by atoms with Crippen molar-refractivity contribution >= 4 is 6.09 Å². The number of fused-ring (bicyclic) bond motifs is 1. The fraction of sp³-hybridized carbons (Fsp3) is 0.632. The highest BCUT2D eigenvalue weighted by molar-refractivity contribution is 5.71. The van der Waals surface area contributed by atoms with Crippen LogP contribution in [-0.2, 0) is 16.0 Å². The average molecular weight is 361 g/mol. The molecule has 1 N–H and O–H groups in total. The number of rotatable bonds is 6. The van der Waals surface area contributed by atoms with Crippen LogP contribution in [0.4, 0.5) is 4.79 Å². The molecule has 2 atom stereocenters. The van der Waals surface area contributed by atoms with Gasteiger partial charge in [0.2, 0.25) is 0 Å². The van der Waals surface area contributed by atoms with Crippen LogP contribution in [0.25, 0.3) is 0 Å². The van der Waals surface area contributed by atoms with Gasteiger partial charge in [0.1, 0.15) is 11.9 Å². The quantitative estimate of drug-likeness (QED) is 0.819. The monoisotopic (exact) mass is 361 g/mol. The highest BCUT2D eigenvalue weighted by Crippen LogP contribution is 2.28. The van der Waals surface area contributed by atoms with Gasteiger partial charge < -0.3 is 19.5 Å². The van der Waals surface area contributed by atoms with Crippen molar-refractivity contribution in [2.75, 3.05) is 52.5 Å². The SMILES string of the molecule is O=C1O[C@H]2CN(Cc3cccc(O)c3)C[C@H]2N1CCCN1CCOCC1. The smallest absolute Gasteiger partial charge is 0.410 e. The first-order valence-electron chi connectivity index (χ1n) is 9.47. The summed E-state index contributed by atoms with van der Waals surface area (Å²) in [6.07, 6.45) is 0.757. The van der Waals surface area contributed by atoms with Crippen LogP contribution in [0.2, 0.25) is 0 Å². The maximum Gasteiger partial charge on any atom is 0.410 e. The van der Waals surface area contributed by atoms with Gasteiger partial charge in [-0.2, -0.15) is 0 Å². The minimum Gasteiger partial charge on any atom is -0.508 e. The van der Waals surface area contributed by atoms with Gasteiger partial charge in [-0.25, -0.2) is 4.79 Å². The molecule has 7 heteroatoms. The van der Waals surface area contributed by atoms with E-state index in [0.29, 0.717) is 0 Å². The first-order chi connectivity index (χ1) is 12.7. The van der Waals surface area contributed by atoms with Crippen molar-refractivity contribution in [3.63, 3.8) is 0 Å². The lowest BCUT2D eigenvalue weighted by atomic mass is 10.2. The molecule has 3 fully saturated rings. The van der Waals surface area contributed by atoms with E-state index in [1.54, 1.807) is 12.1 Å². The van der Waals surface area contributed by atoms with E-state index in [1.165, 1.54) is 0 Å². The molecule has 0 unspecified atom stereocenters. The molecule has 3 saturated heterocycles. The molecule has 0 aromatic heterocycles. The molecule has 3 aliphatic rings. The minimum atomic E-state index is -0.168. The Morgan fingerprint density at radius 2 is 1.96 bits per heavy atom. The van der Waals surface area contributed by atoms with Gasteiger partial charge >= 0.3 is 6.09 Å². The van der Waals surface area contributed by atoms with Crippen LogP contribution in [0.3, 0.4) is 0 Å². The second-order valence-electron chi connectivity index (χ2n) is 7.35. The Morgan fingerprint density at radius 1 is 1.12 bits per heavy atom. The van der Waals surface area contributed by atoms with Crippen LogP contribution in [-0.4, -0.2) is 90.5 Å². The van der Waals surface area contributed by atoms with E-state index >= 15 is 0 Å². The molecule has 0 saturated carbocycles. The van der Waals surface area contributed by atoms with Crippen LogP contribution in [0.1, 0.15) is 12.0 Å². The van der Waals surface area contributed by atoms with E-state index in [-0.39, 0.29) is 24.0 Å². The lowest BCUT2D eigenvalue weighted by Crippen LogP contribution is -2.41. The van der Waals surface area contributed by atoms with E-state index in [9.17, 15) is 9.90 Å². The lowest BCUT2D eigenvalue weighted by molar-refractivity contribution is 0.0362. The van der Waals surface area contributed by atoms with Gasteiger partial charge in [0.05, 0.1) is 19.3 Å². The molecule has 0 spiro atoms. The number of hydrogen-bond donors (Lipinski definition) is 1. The second-order valence-corrected chi connectivity index (χ2v) is 7.35. The standard InChI is InChI=1S/C19H27N3O4/c23-16-4-1-3-15(11-16)12-21-13-17-18(14-21)26-19(24)22(17)6-2-5-20-7-9-25-10-8-20/h1,3-4,11,17-18,23H,2,5-10,12-14H2/t17-,18+/m1/s1. The molecular formula is C19H27N3O4. The molecule has 0 radical (unpaired) electrons. The summed E-state index contributed by atoms with van der Waals surface area (Å²) in [5.74, 6) is 0.290. The summed E-state index contributed by atoms with van der Waals surface area (Å²) >= 11 is 0. The number of carbonyl (C=O) groups excluding carboxylic acids is 1. The van der Waals surface area contributed by atoms with Crippen molar-refractivity contribution in [2.24, 2.45) is 0 Å². The van der Waals surface area contributed by atoms with Crippen molar-refractivity contribution in [1.82, 2.24) is 14.7 Å². The Kier molecular flexibility index (Phi) is 5.28. The highest BCUT2D eigenvalue weighted by atomic mass is 16.6. The third kappa shape index (κ3) is 3.95. The summed E-state index contributed by atoms with van der Waals surface area (Å²) in [5.41, 5.74) is 1.08. The van der Waals surface area contributed by atoms with Gasteiger partial charge in [-0.1, -0.05) is 12.1 Å². The number of phenolic OH excluding ortho intramolecular Hbond substituents is 1. The van der Waals surface area contributed by atoms with E-state index in [0.717, 1.165) is 71.0 Å². The molecule has 142 valence electrons. The first kappa shape index (κ1) is 17.6. The zero-order valence-corrected chi connectivity index (χ0v) is 15.0. The zero-order valence-electron chi connectivity index (χ0n) is 15.0. The summed E-state index contributed by atoms with van der Waals surface area (Å²) in [5, 5.41) is 9.62. The van der Waals surface area contributed by atoms with E-state index in [1.807, 2.05) is 17.0 Å². The number of aromatic hydroxyl groups is 1. The largest absolute Gasteiger partial charge is 0.508 e. The first-order valence-corrected chi connectivity index (χ1v) is 9.47. The van der Waals surface area contributed by atoms with Gasteiger partial charge in [-0.3, -0.25) is 9.80 Å². The topological polar surface area (TPSA) is 65.5 Å².